The van der Waals surface area contributed by atoms with Gasteiger partial charge in [0.15, 0.2) is 26.5 Å². The van der Waals surface area contributed by atoms with Gasteiger partial charge in [0.05, 0.1) is 5.52 Å². The summed E-state index contributed by atoms with van der Waals surface area (Å²) in [4.78, 5) is 17.6. The van der Waals surface area contributed by atoms with E-state index in [0.29, 0.717) is 29.9 Å². The Bertz CT molecular complexity index is 1060. The molecule has 126 valence electrons. The molecular weight excluding hydrogens is 355 g/mol. The van der Waals surface area contributed by atoms with E-state index in [1.54, 1.807) is 11.3 Å². The number of aliphatic hydroxyl groups is 1. The highest BCUT2D eigenvalue weighted by molar-refractivity contribution is 8.01. The van der Waals surface area contributed by atoms with Gasteiger partial charge in [0.25, 0.3) is 0 Å². The maximum absolute atomic E-state index is 9.19. The topological polar surface area (TPSA) is 103 Å². The Kier molecular flexibility index (Phi) is 4.32. The summed E-state index contributed by atoms with van der Waals surface area (Å²) in [5.41, 5.74) is 9.41. The molecule has 0 amide bonds. The van der Waals surface area contributed by atoms with Crippen LogP contribution in [-0.4, -0.2) is 44.1 Å². The van der Waals surface area contributed by atoms with Gasteiger partial charge in [0, 0.05) is 17.9 Å². The van der Waals surface area contributed by atoms with Gasteiger partial charge in [0.2, 0.25) is 0 Å². The predicted molar refractivity (Wildman–Crippen MR) is 103 cm³/mol. The lowest BCUT2D eigenvalue weighted by Crippen LogP contribution is -2.03. The molecule has 10 heteroatoms. The van der Waals surface area contributed by atoms with Crippen LogP contribution in [0.5, 0.6) is 0 Å². The number of nitrogens with zero attached hydrogens (tertiary/aromatic N) is 5. The van der Waals surface area contributed by atoms with Crippen LogP contribution in [0.4, 0.5) is 5.82 Å². The van der Waals surface area contributed by atoms with Crippen LogP contribution in [0.25, 0.3) is 21.4 Å². The molecule has 0 unspecified atom stereocenters. The molecule has 0 atom stereocenters. The Labute approximate surface area is 152 Å². The smallest absolute Gasteiger partial charge is 0.177 e. The number of fused-ring (bicyclic) bond motifs is 2. The number of nitrogen functional groups attached to an aromatic ring is 1. The number of benzene rings is 1. The number of nitrogens with two attached hydrogens (primary N) is 1. The molecule has 0 radical (unpaired) electrons. The summed E-state index contributed by atoms with van der Waals surface area (Å²) >= 11 is 3.14. The van der Waals surface area contributed by atoms with Crippen LogP contribution in [0.3, 0.4) is 0 Å². The fourth-order valence-electron chi connectivity index (χ4n) is 2.63. The zero-order chi connectivity index (χ0) is 17.4. The van der Waals surface area contributed by atoms with Gasteiger partial charge in [-0.3, -0.25) is 0 Å². The first kappa shape index (κ1) is 16.3. The minimum absolute atomic E-state index is 0.102. The minimum Gasteiger partial charge on any atom is -0.396 e. The molecule has 0 saturated heterocycles. The van der Waals surface area contributed by atoms with Crippen molar-refractivity contribution in [3.8, 4) is 0 Å². The average Bonchev–Trinajstić information content (AvgIpc) is 3.16. The van der Waals surface area contributed by atoms with Crippen LogP contribution < -0.4 is 11.2 Å². The van der Waals surface area contributed by atoms with Crippen LogP contribution in [0.2, 0.25) is 0 Å². The normalized spacial score (nSPS) is 11.6. The fraction of sp³-hybridized carbons (Fsp3) is 0.200. The van der Waals surface area contributed by atoms with Crippen molar-refractivity contribution in [2.45, 2.75) is 22.5 Å². The second kappa shape index (κ2) is 6.62. The van der Waals surface area contributed by atoms with E-state index in [2.05, 4.69) is 28.9 Å². The van der Waals surface area contributed by atoms with E-state index in [1.165, 1.54) is 28.3 Å². The van der Waals surface area contributed by atoms with Crippen LogP contribution >= 0.6 is 23.1 Å². The predicted octanol–water partition coefficient (Wildman–Crippen LogP) is 0.810. The molecule has 0 bridgehead atoms. The number of rotatable bonds is 5. The third-order valence-corrected chi connectivity index (χ3v) is 6.10. The Balaban J connectivity index is 1.79. The van der Waals surface area contributed by atoms with Gasteiger partial charge in [-0.15, -0.1) is 11.3 Å². The highest BCUT2D eigenvalue weighted by Crippen LogP contribution is 2.35. The molecule has 0 saturated carbocycles. The van der Waals surface area contributed by atoms with Gasteiger partial charge in [-0.25, -0.2) is 19.9 Å². The summed E-state index contributed by atoms with van der Waals surface area (Å²) in [5.74, 6) is 0.356. The Morgan fingerprint density at radius 3 is 2.96 bits per heavy atom. The maximum Gasteiger partial charge on any atom is 0.177 e. The SMILES string of the molecule is Bc1cccc2nc(Sc3nc4c(N)ncnc4n3CCCO)sc12. The van der Waals surface area contributed by atoms with Crippen LogP contribution in [0.15, 0.2) is 34.0 Å². The number of anilines is 1. The van der Waals surface area contributed by atoms with Crippen LogP contribution in [-0.2, 0) is 6.54 Å². The summed E-state index contributed by atoms with van der Waals surface area (Å²) in [6.45, 7) is 0.709. The van der Waals surface area contributed by atoms with Crippen molar-refractivity contribution in [2.24, 2.45) is 0 Å². The van der Waals surface area contributed by atoms with Crippen molar-refractivity contribution in [3.63, 3.8) is 0 Å². The zero-order valence-electron chi connectivity index (χ0n) is 13.5. The fourth-order valence-corrected chi connectivity index (χ4v) is 4.76. The molecule has 0 aliphatic rings. The number of aromatic nitrogens is 5. The summed E-state index contributed by atoms with van der Waals surface area (Å²) in [6.07, 6.45) is 2.05. The van der Waals surface area contributed by atoms with Gasteiger partial charge in [-0.05, 0) is 24.2 Å². The van der Waals surface area contributed by atoms with Gasteiger partial charge >= 0.3 is 0 Å². The molecule has 4 aromatic rings. The zero-order valence-corrected chi connectivity index (χ0v) is 15.1. The first-order valence-electron chi connectivity index (χ1n) is 7.79. The number of aryl methyl sites for hydroxylation is 1. The lowest BCUT2D eigenvalue weighted by molar-refractivity contribution is 0.278. The molecule has 1 aromatic carbocycles. The molecule has 7 nitrogen and oxygen atoms in total. The second-order valence-corrected chi connectivity index (χ2v) is 7.77. The number of imidazole rings is 1. The summed E-state index contributed by atoms with van der Waals surface area (Å²) in [7, 11) is 2.09. The van der Waals surface area contributed by atoms with E-state index in [-0.39, 0.29) is 6.61 Å². The van der Waals surface area contributed by atoms with E-state index in [1.807, 2.05) is 16.7 Å². The van der Waals surface area contributed by atoms with Gasteiger partial charge in [0.1, 0.15) is 14.2 Å². The molecule has 0 aliphatic heterocycles. The molecule has 25 heavy (non-hydrogen) atoms. The molecule has 0 fully saturated rings. The Hall–Kier alpha value is -2.17. The van der Waals surface area contributed by atoms with E-state index in [9.17, 15) is 5.11 Å². The number of aliphatic hydroxyl groups excluding tert-OH is 1. The lowest BCUT2D eigenvalue weighted by atomic mass is 9.96. The first-order chi connectivity index (χ1) is 12.2. The molecule has 3 heterocycles. The van der Waals surface area contributed by atoms with Crippen LogP contribution in [0, 0.1) is 0 Å². The maximum atomic E-state index is 9.19. The standard InChI is InChI=1S/C15H15BN6OS2/c16-8-3-1-4-9-11(8)24-15(20-9)25-14-21-10-12(17)18-7-19-13(10)22(14)5-2-6-23/h1,3-4,7,23H,2,5-6,16H2,(H2,17,18,19). The quantitative estimate of drug-likeness (QED) is 0.501. The molecule has 3 aromatic heterocycles. The third kappa shape index (κ3) is 2.96. The minimum atomic E-state index is 0.102. The van der Waals surface area contributed by atoms with Crippen molar-refractivity contribution in [1.82, 2.24) is 24.5 Å². The molecule has 0 spiro atoms. The van der Waals surface area contributed by atoms with E-state index in [0.717, 1.165) is 15.0 Å². The lowest BCUT2D eigenvalue weighted by Gasteiger charge is -2.05. The third-order valence-electron chi connectivity index (χ3n) is 3.84. The van der Waals surface area contributed by atoms with Crippen molar-refractivity contribution < 1.29 is 5.11 Å². The highest BCUT2D eigenvalue weighted by Gasteiger charge is 2.17. The molecule has 3 N–H and O–H groups in total. The van der Waals surface area contributed by atoms with Gasteiger partial charge in [-0.1, -0.05) is 17.6 Å². The first-order valence-corrected chi connectivity index (χ1v) is 9.42. The second-order valence-electron chi connectivity index (χ2n) is 5.56. The van der Waals surface area contributed by atoms with E-state index in [4.69, 9.17) is 10.7 Å². The molecule has 0 aliphatic carbocycles. The van der Waals surface area contributed by atoms with E-state index >= 15 is 0 Å². The van der Waals surface area contributed by atoms with Crippen molar-refractivity contribution in [3.05, 3.63) is 24.5 Å². The molecular formula is C15H15BN6OS2. The monoisotopic (exact) mass is 370 g/mol. The Morgan fingerprint density at radius 2 is 2.16 bits per heavy atom. The van der Waals surface area contributed by atoms with Crippen LogP contribution in [0.1, 0.15) is 6.42 Å². The Morgan fingerprint density at radius 1 is 1.28 bits per heavy atom. The number of thiazole rings is 1. The van der Waals surface area contributed by atoms with Crippen molar-refractivity contribution >= 4 is 63.6 Å². The number of hydrogen-bond acceptors (Lipinski definition) is 8. The summed E-state index contributed by atoms with van der Waals surface area (Å²) in [5, 5.41) is 9.95. The van der Waals surface area contributed by atoms with Gasteiger partial charge < -0.3 is 15.4 Å². The largest absolute Gasteiger partial charge is 0.396 e. The molecule has 4 rings (SSSR count). The number of hydrogen-bond donors (Lipinski definition) is 2. The van der Waals surface area contributed by atoms with Gasteiger partial charge in [-0.2, -0.15) is 0 Å². The van der Waals surface area contributed by atoms with E-state index < -0.39 is 0 Å². The van der Waals surface area contributed by atoms with Crippen molar-refractivity contribution in [1.29, 1.82) is 0 Å². The summed E-state index contributed by atoms with van der Waals surface area (Å²) < 4.78 is 4.06. The van der Waals surface area contributed by atoms with Crippen molar-refractivity contribution in [2.75, 3.05) is 12.3 Å². The average molecular weight is 370 g/mol. The summed E-state index contributed by atoms with van der Waals surface area (Å²) in [6, 6.07) is 6.11. The highest BCUT2D eigenvalue weighted by atomic mass is 32.2.